The molecule has 0 spiro atoms. The van der Waals surface area contributed by atoms with E-state index in [-0.39, 0.29) is 23.2 Å². The zero-order valence-electron chi connectivity index (χ0n) is 14.7. The molecule has 0 saturated carbocycles. The maximum Gasteiger partial charge on any atom is 0.330 e. The first-order valence-electron chi connectivity index (χ1n) is 7.72. The van der Waals surface area contributed by atoms with Gasteiger partial charge in [-0.3, -0.25) is 9.36 Å². The summed E-state index contributed by atoms with van der Waals surface area (Å²) in [5.41, 5.74) is 22.9. The summed E-state index contributed by atoms with van der Waals surface area (Å²) in [7, 11) is 0. The summed E-state index contributed by atoms with van der Waals surface area (Å²) in [6, 6.07) is -0.337. The summed E-state index contributed by atoms with van der Waals surface area (Å²) in [6.45, 7) is -1.27. The van der Waals surface area contributed by atoms with E-state index in [1.54, 1.807) is 0 Å². The van der Waals surface area contributed by atoms with Crippen molar-refractivity contribution in [2.45, 2.75) is 18.1 Å². The number of halogens is 1. The molecule has 0 aromatic carbocycles. The molecule has 2 N–H and O–H groups in total. The van der Waals surface area contributed by atoms with Gasteiger partial charge in [-0.2, -0.15) is 0 Å². The molecule has 1 atom stereocenters. The Kier molecular flexibility index (Phi) is 9.02. The lowest BCUT2D eigenvalue weighted by Gasteiger charge is -2.29. The van der Waals surface area contributed by atoms with Crippen LogP contribution in [0.5, 0.6) is 5.75 Å². The van der Waals surface area contributed by atoms with Gasteiger partial charge in [0.05, 0.1) is 23.8 Å². The number of ether oxygens (including phenoxy) is 1. The average Bonchev–Trinajstić information content (AvgIpc) is 2.70. The van der Waals surface area contributed by atoms with Crippen LogP contribution in [0, 0.1) is 5.41 Å². The molecule has 0 aliphatic rings. The van der Waals surface area contributed by atoms with Crippen molar-refractivity contribution in [2.75, 3.05) is 19.6 Å². The summed E-state index contributed by atoms with van der Waals surface area (Å²) in [6.07, 6.45) is 1.45. The molecule has 152 valence electrons. The standard InChI is InChI=1S/C13H14BrN11O4/c14-8-3-11(27)25(4-10(8)26)9(1-2-19-22-16)12(28)29-13(5-15,6-20-23-17)7-21-24-18/h3-5,9,15,26H,1-2,6-7H2. The minimum Gasteiger partial charge on any atom is -0.505 e. The minimum atomic E-state index is -1.88. The Bertz CT molecular complexity index is 953. The Labute approximate surface area is 170 Å². The Morgan fingerprint density at radius 2 is 1.90 bits per heavy atom. The van der Waals surface area contributed by atoms with E-state index in [4.69, 9.17) is 26.7 Å². The van der Waals surface area contributed by atoms with Crippen molar-refractivity contribution in [2.24, 2.45) is 15.3 Å². The Morgan fingerprint density at radius 1 is 1.31 bits per heavy atom. The predicted molar refractivity (Wildman–Crippen MR) is 103 cm³/mol. The van der Waals surface area contributed by atoms with Crippen molar-refractivity contribution in [1.82, 2.24) is 4.57 Å². The van der Waals surface area contributed by atoms with Crippen molar-refractivity contribution >= 4 is 28.1 Å². The second kappa shape index (κ2) is 11.2. The number of aromatic nitrogens is 1. The van der Waals surface area contributed by atoms with Crippen molar-refractivity contribution in [1.29, 1.82) is 5.41 Å². The molecule has 1 rings (SSSR count). The van der Waals surface area contributed by atoms with Gasteiger partial charge >= 0.3 is 5.97 Å². The van der Waals surface area contributed by atoms with E-state index in [2.05, 4.69) is 46.0 Å². The van der Waals surface area contributed by atoms with Crippen LogP contribution in [0.2, 0.25) is 0 Å². The highest BCUT2D eigenvalue weighted by molar-refractivity contribution is 9.10. The Balaban J connectivity index is 3.37. The molecule has 0 fully saturated rings. The van der Waals surface area contributed by atoms with E-state index < -0.39 is 36.3 Å². The number of carbonyl (C=O) groups is 1. The van der Waals surface area contributed by atoms with Gasteiger partial charge in [-0.1, -0.05) is 15.3 Å². The van der Waals surface area contributed by atoms with Crippen LogP contribution < -0.4 is 5.56 Å². The fraction of sp³-hybridized carbons (Fsp3) is 0.462. The minimum absolute atomic E-state index is 0.0986. The molecule has 15 nitrogen and oxygen atoms in total. The molecule has 16 heteroatoms. The van der Waals surface area contributed by atoms with E-state index >= 15 is 0 Å². The van der Waals surface area contributed by atoms with E-state index in [0.29, 0.717) is 6.21 Å². The smallest absolute Gasteiger partial charge is 0.330 e. The predicted octanol–water partition coefficient (Wildman–Crippen LogP) is 3.11. The number of esters is 1. The molecule has 0 saturated heterocycles. The van der Waals surface area contributed by atoms with E-state index in [1.807, 2.05) is 0 Å². The molecular formula is C13H14BrN11O4. The van der Waals surface area contributed by atoms with E-state index in [9.17, 15) is 14.7 Å². The van der Waals surface area contributed by atoms with Gasteiger partial charge in [-0.15, -0.1) is 0 Å². The van der Waals surface area contributed by atoms with Gasteiger partial charge < -0.3 is 15.3 Å². The number of hydrogen-bond donors (Lipinski definition) is 2. The van der Waals surface area contributed by atoms with Crippen LogP contribution in [0.1, 0.15) is 12.5 Å². The van der Waals surface area contributed by atoms with Crippen LogP contribution in [0.3, 0.4) is 0 Å². The van der Waals surface area contributed by atoms with Gasteiger partial charge in [0.1, 0.15) is 11.8 Å². The van der Waals surface area contributed by atoms with Crippen LogP contribution in [-0.4, -0.2) is 47.1 Å². The van der Waals surface area contributed by atoms with Gasteiger partial charge in [-0.25, -0.2) is 4.79 Å². The van der Waals surface area contributed by atoms with E-state index in [0.717, 1.165) is 16.8 Å². The third kappa shape index (κ3) is 6.45. The van der Waals surface area contributed by atoms with Crippen LogP contribution in [0.25, 0.3) is 31.3 Å². The largest absolute Gasteiger partial charge is 0.505 e. The van der Waals surface area contributed by atoms with Crippen molar-refractivity contribution in [3.05, 3.63) is 58.4 Å². The number of azide groups is 3. The van der Waals surface area contributed by atoms with Crippen molar-refractivity contribution < 1.29 is 14.6 Å². The highest BCUT2D eigenvalue weighted by atomic mass is 79.9. The van der Waals surface area contributed by atoms with Crippen LogP contribution in [0.4, 0.5) is 0 Å². The molecule has 1 aromatic rings. The van der Waals surface area contributed by atoms with Gasteiger partial charge in [0.25, 0.3) is 5.56 Å². The molecular weight excluding hydrogens is 454 g/mol. The number of carbonyl (C=O) groups excluding carboxylic acids is 1. The Morgan fingerprint density at radius 3 is 2.41 bits per heavy atom. The maximum atomic E-state index is 12.8. The van der Waals surface area contributed by atoms with Gasteiger partial charge in [0, 0.05) is 33.6 Å². The summed E-state index contributed by atoms with van der Waals surface area (Å²) in [5.74, 6) is -1.40. The van der Waals surface area contributed by atoms with Crippen molar-refractivity contribution in [3.63, 3.8) is 0 Å². The van der Waals surface area contributed by atoms with Gasteiger partial charge in [-0.05, 0) is 38.9 Å². The first-order chi connectivity index (χ1) is 13.8. The van der Waals surface area contributed by atoms with Crippen molar-refractivity contribution in [3.8, 4) is 5.75 Å². The third-order valence-corrected chi connectivity index (χ3v) is 4.19. The van der Waals surface area contributed by atoms with E-state index in [1.165, 1.54) is 0 Å². The first kappa shape index (κ1) is 23.3. The number of nitrogens with zero attached hydrogens (tertiary/aromatic N) is 10. The molecule has 1 heterocycles. The number of nitrogens with one attached hydrogen (secondary N) is 1. The molecule has 0 aliphatic carbocycles. The average molecular weight is 468 g/mol. The number of hydrogen-bond acceptors (Lipinski definition) is 8. The molecule has 1 aromatic heterocycles. The fourth-order valence-electron chi connectivity index (χ4n) is 2.16. The molecule has 1 unspecified atom stereocenters. The highest BCUT2D eigenvalue weighted by Gasteiger charge is 2.35. The monoisotopic (exact) mass is 467 g/mol. The lowest BCUT2D eigenvalue weighted by atomic mass is 10.1. The number of rotatable bonds is 11. The Hall–Kier alpha value is -3.70. The van der Waals surface area contributed by atoms with Crippen LogP contribution in [-0.2, 0) is 9.53 Å². The first-order valence-corrected chi connectivity index (χ1v) is 8.51. The quantitative estimate of drug-likeness (QED) is 0.163. The zero-order chi connectivity index (χ0) is 21.9. The van der Waals surface area contributed by atoms with Gasteiger partial charge in [0.2, 0.25) is 0 Å². The number of aromatic hydroxyl groups is 1. The second-order valence-corrected chi connectivity index (χ2v) is 6.27. The third-order valence-electron chi connectivity index (χ3n) is 3.55. The summed E-state index contributed by atoms with van der Waals surface area (Å²) >= 11 is 2.98. The SMILES string of the molecule is [N-]=[N+]=NCCC(C(=O)OC(C=N)(CN=[N+]=[N-])CN=[N+]=[N-])n1cc(O)c(Br)cc1=O. The summed E-state index contributed by atoms with van der Waals surface area (Å²) in [4.78, 5) is 32.7. The molecule has 0 aliphatic heterocycles. The highest BCUT2D eigenvalue weighted by Crippen LogP contribution is 2.24. The van der Waals surface area contributed by atoms with Crippen LogP contribution >= 0.6 is 15.9 Å². The summed E-state index contributed by atoms with van der Waals surface area (Å²) in [5, 5.41) is 27.2. The molecule has 0 bridgehead atoms. The maximum absolute atomic E-state index is 12.8. The van der Waals surface area contributed by atoms with Gasteiger partial charge in [0.15, 0.2) is 5.60 Å². The molecule has 0 amide bonds. The lowest BCUT2D eigenvalue weighted by Crippen LogP contribution is -2.45. The zero-order valence-corrected chi connectivity index (χ0v) is 16.2. The number of pyridine rings is 1. The summed E-state index contributed by atoms with van der Waals surface area (Å²) < 4.78 is 6.23. The normalized spacial score (nSPS) is 12.9. The topological polar surface area (TPSA) is 239 Å². The molecule has 29 heavy (non-hydrogen) atoms. The lowest BCUT2D eigenvalue weighted by molar-refractivity contribution is -0.156. The van der Waals surface area contributed by atoms with Crippen LogP contribution in [0.15, 0.2) is 36.9 Å². The fourth-order valence-corrected chi connectivity index (χ4v) is 2.46. The second-order valence-electron chi connectivity index (χ2n) is 5.42. The molecule has 0 radical (unpaired) electrons.